The van der Waals surface area contributed by atoms with Crippen molar-refractivity contribution in [1.82, 2.24) is 4.90 Å². The van der Waals surface area contributed by atoms with Crippen LogP contribution in [0.25, 0.3) is 0 Å². The minimum atomic E-state index is -0.219. The predicted molar refractivity (Wildman–Crippen MR) is 45.6 cm³/mol. The molecule has 1 atom stereocenters. The summed E-state index contributed by atoms with van der Waals surface area (Å²) < 4.78 is 5.30. The topological polar surface area (TPSA) is 29.5 Å². The summed E-state index contributed by atoms with van der Waals surface area (Å²) in [5, 5.41) is 0. The lowest BCUT2D eigenvalue weighted by atomic mass is 10.1. The molecule has 3 nitrogen and oxygen atoms in total. The van der Waals surface area contributed by atoms with E-state index in [4.69, 9.17) is 4.74 Å². The standard InChI is InChI=1S/C10H7NO2/c12-9-7-3-1-2-4-8(7)10-11(9)5-6-13-10/h1-6,10H. The second kappa shape index (κ2) is 2.13. The molecule has 0 saturated heterocycles. The Morgan fingerprint density at radius 1 is 1.31 bits per heavy atom. The number of ether oxygens (including phenoxy) is 1. The number of rotatable bonds is 0. The summed E-state index contributed by atoms with van der Waals surface area (Å²) in [6.45, 7) is 0. The van der Waals surface area contributed by atoms with Crippen LogP contribution in [0.15, 0.2) is 36.7 Å². The maximum Gasteiger partial charge on any atom is 0.261 e. The van der Waals surface area contributed by atoms with Crippen molar-refractivity contribution < 1.29 is 9.53 Å². The molecule has 0 aromatic heterocycles. The van der Waals surface area contributed by atoms with E-state index in [1.165, 1.54) is 0 Å². The maximum atomic E-state index is 11.7. The largest absolute Gasteiger partial charge is 0.472 e. The zero-order valence-electron chi connectivity index (χ0n) is 6.81. The lowest BCUT2D eigenvalue weighted by Crippen LogP contribution is -2.18. The van der Waals surface area contributed by atoms with Gasteiger partial charge in [0.25, 0.3) is 5.91 Å². The molecule has 0 spiro atoms. The molecule has 1 amide bonds. The highest BCUT2D eigenvalue weighted by atomic mass is 16.5. The van der Waals surface area contributed by atoms with Crippen molar-refractivity contribution in [3.8, 4) is 0 Å². The molecule has 0 fully saturated rings. The highest BCUT2D eigenvalue weighted by Gasteiger charge is 2.38. The number of fused-ring (bicyclic) bond motifs is 3. The minimum absolute atomic E-state index is 0.0225. The summed E-state index contributed by atoms with van der Waals surface area (Å²) in [6.07, 6.45) is 3.01. The first kappa shape index (κ1) is 6.71. The highest BCUT2D eigenvalue weighted by Crippen LogP contribution is 2.37. The number of carbonyl (C=O) groups excluding carboxylic acids is 1. The van der Waals surface area contributed by atoms with Gasteiger partial charge in [0.15, 0.2) is 0 Å². The Balaban J connectivity index is 2.21. The quantitative estimate of drug-likeness (QED) is 0.597. The third-order valence-electron chi connectivity index (χ3n) is 2.37. The molecule has 2 aliphatic rings. The summed E-state index contributed by atoms with van der Waals surface area (Å²) in [7, 11) is 0. The van der Waals surface area contributed by atoms with Gasteiger partial charge in [-0.2, -0.15) is 0 Å². The molecule has 1 aromatic rings. The third-order valence-corrected chi connectivity index (χ3v) is 2.37. The summed E-state index contributed by atoms with van der Waals surface area (Å²) in [5.41, 5.74) is 1.70. The molecule has 3 heteroatoms. The van der Waals surface area contributed by atoms with Crippen molar-refractivity contribution in [3.05, 3.63) is 47.9 Å². The van der Waals surface area contributed by atoms with Gasteiger partial charge in [0, 0.05) is 17.3 Å². The highest BCUT2D eigenvalue weighted by molar-refractivity contribution is 5.99. The van der Waals surface area contributed by atoms with Gasteiger partial charge in [-0.3, -0.25) is 9.69 Å². The first-order valence-electron chi connectivity index (χ1n) is 4.11. The van der Waals surface area contributed by atoms with Crippen molar-refractivity contribution in [2.24, 2.45) is 0 Å². The first-order chi connectivity index (χ1) is 6.38. The molecule has 0 bridgehead atoms. The van der Waals surface area contributed by atoms with Gasteiger partial charge in [-0.1, -0.05) is 18.2 Å². The average molecular weight is 173 g/mol. The van der Waals surface area contributed by atoms with Crippen LogP contribution in [0.1, 0.15) is 22.1 Å². The molecule has 0 radical (unpaired) electrons. The van der Waals surface area contributed by atoms with Crippen molar-refractivity contribution in [2.75, 3.05) is 0 Å². The fraction of sp³-hybridized carbons (Fsp3) is 0.100. The van der Waals surface area contributed by atoms with E-state index in [-0.39, 0.29) is 12.1 Å². The normalized spacial score (nSPS) is 22.9. The monoisotopic (exact) mass is 173 g/mol. The SMILES string of the molecule is O=C1c2ccccc2C2OC=CN12. The molecule has 1 unspecified atom stereocenters. The van der Waals surface area contributed by atoms with Crippen LogP contribution in [0.3, 0.4) is 0 Å². The van der Waals surface area contributed by atoms with Gasteiger partial charge in [-0.05, 0) is 6.07 Å². The van der Waals surface area contributed by atoms with Gasteiger partial charge in [0.2, 0.25) is 6.23 Å². The van der Waals surface area contributed by atoms with Gasteiger partial charge < -0.3 is 4.74 Å². The van der Waals surface area contributed by atoms with E-state index in [1.54, 1.807) is 17.4 Å². The Labute approximate surface area is 75.2 Å². The van der Waals surface area contributed by atoms with E-state index in [0.29, 0.717) is 0 Å². The van der Waals surface area contributed by atoms with Crippen LogP contribution >= 0.6 is 0 Å². The molecule has 1 aromatic carbocycles. The second-order valence-corrected chi connectivity index (χ2v) is 3.07. The van der Waals surface area contributed by atoms with Crippen molar-refractivity contribution in [2.45, 2.75) is 6.23 Å². The molecule has 13 heavy (non-hydrogen) atoms. The number of hydrogen-bond acceptors (Lipinski definition) is 2. The average Bonchev–Trinajstić information content (AvgIpc) is 2.72. The zero-order chi connectivity index (χ0) is 8.84. The van der Waals surface area contributed by atoms with Crippen molar-refractivity contribution in [1.29, 1.82) is 0 Å². The van der Waals surface area contributed by atoms with Crippen LogP contribution in [0.2, 0.25) is 0 Å². The summed E-state index contributed by atoms with van der Waals surface area (Å²) in [5.74, 6) is 0.0225. The Morgan fingerprint density at radius 3 is 3.08 bits per heavy atom. The van der Waals surface area contributed by atoms with Gasteiger partial charge in [0.1, 0.15) is 6.26 Å². The van der Waals surface area contributed by atoms with E-state index in [2.05, 4.69) is 0 Å². The summed E-state index contributed by atoms with van der Waals surface area (Å²) >= 11 is 0. The number of amides is 1. The molecule has 0 saturated carbocycles. The molecular formula is C10H7NO2. The fourth-order valence-electron chi connectivity index (χ4n) is 1.76. The lowest BCUT2D eigenvalue weighted by Gasteiger charge is -2.12. The molecule has 64 valence electrons. The van der Waals surface area contributed by atoms with E-state index in [0.717, 1.165) is 11.1 Å². The Morgan fingerprint density at radius 2 is 2.15 bits per heavy atom. The summed E-state index contributed by atoms with van der Waals surface area (Å²) in [6, 6.07) is 7.53. The number of benzene rings is 1. The van der Waals surface area contributed by atoms with Gasteiger partial charge >= 0.3 is 0 Å². The smallest absolute Gasteiger partial charge is 0.261 e. The number of carbonyl (C=O) groups is 1. The third kappa shape index (κ3) is 0.710. The zero-order valence-corrected chi connectivity index (χ0v) is 6.81. The Bertz CT molecular complexity index is 411. The molecular weight excluding hydrogens is 166 g/mol. The van der Waals surface area contributed by atoms with Crippen molar-refractivity contribution >= 4 is 5.91 Å². The van der Waals surface area contributed by atoms with Gasteiger partial charge in [-0.25, -0.2) is 0 Å². The molecule has 3 rings (SSSR count). The van der Waals surface area contributed by atoms with Crippen LogP contribution < -0.4 is 0 Å². The van der Waals surface area contributed by atoms with Crippen LogP contribution in [0.4, 0.5) is 0 Å². The van der Waals surface area contributed by atoms with Crippen LogP contribution in [0, 0.1) is 0 Å². The van der Waals surface area contributed by atoms with E-state index >= 15 is 0 Å². The predicted octanol–water partition coefficient (Wildman–Crippen LogP) is 1.64. The first-order valence-corrected chi connectivity index (χ1v) is 4.11. The lowest BCUT2D eigenvalue weighted by molar-refractivity contribution is 0.0506. The molecule has 0 N–H and O–H groups in total. The number of hydrogen-bond donors (Lipinski definition) is 0. The molecule has 2 aliphatic heterocycles. The van der Waals surface area contributed by atoms with Crippen molar-refractivity contribution in [3.63, 3.8) is 0 Å². The van der Waals surface area contributed by atoms with Gasteiger partial charge in [-0.15, -0.1) is 0 Å². The van der Waals surface area contributed by atoms with E-state index in [9.17, 15) is 4.79 Å². The van der Waals surface area contributed by atoms with Crippen LogP contribution in [-0.2, 0) is 4.74 Å². The minimum Gasteiger partial charge on any atom is -0.472 e. The van der Waals surface area contributed by atoms with Crippen LogP contribution in [0.5, 0.6) is 0 Å². The molecule has 0 aliphatic carbocycles. The van der Waals surface area contributed by atoms with E-state index in [1.807, 2.05) is 24.3 Å². The fourth-order valence-corrected chi connectivity index (χ4v) is 1.76. The van der Waals surface area contributed by atoms with Crippen LogP contribution in [-0.4, -0.2) is 10.8 Å². The molecule has 2 heterocycles. The number of nitrogens with zero attached hydrogens (tertiary/aromatic N) is 1. The summed E-state index contributed by atoms with van der Waals surface area (Å²) in [4.78, 5) is 13.3. The maximum absolute atomic E-state index is 11.7. The van der Waals surface area contributed by atoms with E-state index < -0.39 is 0 Å². The second-order valence-electron chi connectivity index (χ2n) is 3.07. The Hall–Kier alpha value is -1.77. The Kier molecular flexibility index (Phi) is 1.10. The van der Waals surface area contributed by atoms with Gasteiger partial charge in [0.05, 0.1) is 0 Å².